The van der Waals surface area contributed by atoms with Gasteiger partial charge < -0.3 is 14.8 Å². The zero-order chi connectivity index (χ0) is 21.8. The first kappa shape index (κ1) is 21.6. The van der Waals surface area contributed by atoms with Crippen LogP contribution >= 0.6 is 12.2 Å². The molecule has 0 aliphatic rings. The Labute approximate surface area is 182 Å². The van der Waals surface area contributed by atoms with Crippen LogP contribution in [0.5, 0.6) is 5.75 Å². The molecule has 0 saturated heterocycles. The van der Waals surface area contributed by atoms with E-state index in [1.54, 1.807) is 18.2 Å². The van der Waals surface area contributed by atoms with Gasteiger partial charge in [-0.2, -0.15) is 0 Å². The van der Waals surface area contributed by atoms with Crippen LogP contribution in [-0.2, 0) is 0 Å². The minimum Gasteiger partial charge on any atom is -0.506 e. The van der Waals surface area contributed by atoms with Crippen LogP contribution in [-0.4, -0.2) is 16.1 Å². The fraction of sp³-hybridized carbons (Fsp3) is 0.250. The molecule has 0 spiro atoms. The lowest BCUT2D eigenvalue weighted by Gasteiger charge is -2.14. The maximum Gasteiger partial charge on any atom is 0.293 e. The highest BCUT2D eigenvalue weighted by molar-refractivity contribution is 7.80. The molecule has 0 radical (unpaired) electrons. The largest absolute Gasteiger partial charge is 0.506 e. The molecule has 0 aliphatic heterocycles. The highest BCUT2D eigenvalue weighted by Crippen LogP contribution is 2.29. The fourth-order valence-corrected chi connectivity index (χ4v) is 3.23. The van der Waals surface area contributed by atoms with Gasteiger partial charge in [0.15, 0.2) is 10.9 Å². The highest BCUT2D eigenvalue weighted by Gasteiger charge is 2.15. The van der Waals surface area contributed by atoms with Gasteiger partial charge in [0.05, 0.1) is 5.69 Å². The number of hydrogen-bond donors (Lipinski definition) is 3. The average Bonchev–Trinajstić information content (AvgIpc) is 3.21. The number of hydrogen-bond acceptors (Lipinski definition) is 4. The normalized spacial score (nSPS) is 11.7. The molecule has 6 heteroatoms. The van der Waals surface area contributed by atoms with Crippen LogP contribution in [0.2, 0.25) is 0 Å². The zero-order valence-electron chi connectivity index (χ0n) is 17.6. The molecule has 3 N–H and O–H groups in total. The van der Waals surface area contributed by atoms with E-state index in [9.17, 15) is 9.90 Å². The molecule has 0 aliphatic carbocycles. The molecule has 0 fully saturated rings. The third kappa shape index (κ3) is 4.89. The number of furan rings is 1. The first-order valence-corrected chi connectivity index (χ1v) is 10.3. The number of phenolic OH excluding ortho intramolecular Hbond substituents is 1. The first-order valence-electron chi connectivity index (χ1n) is 9.91. The van der Waals surface area contributed by atoms with E-state index in [0.29, 0.717) is 17.4 Å². The average molecular weight is 423 g/mol. The van der Waals surface area contributed by atoms with Crippen molar-refractivity contribution in [2.45, 2.75) is 40.0 Å². The first-order chi connectivity index (χ1) is 14.3. The number of carbonyl (C=O) groups is 1. The van der Waals surface area contributed by atoms with Gasteiger partial charge in [0.1, 0.15) is 11.5 Å². The second-order valence-corrected chi connectivity index (χ2v) is 7.87. The fourth-order valence-electron chi connectivity index (χ4n) is 3.02. The number of amides is 1. The molecular weight excluding hydrogens is 396 g/mol. The summed E-state index contributed by atoms with van der Waals surface area (Å²) in [5.41, 5.74) is 4.79. The van der Waals surface area contributed by atoms with Crippen molar-refractivity contribution >= 4 is 28.9 Å². The van der Waals surface area contributed by atoms with Gasteiger partial charge in [-0.1, -0.05) is 32.0 Å². The summed E-state index contributed by atoms with van der Waals surface area (Å²) in [7, 11) is 0. The van der Waals surface area contributed by atoms with Crippen molar-refractivity contribution in [3.63, 3.8) is 0 Å². The lowest BCUT2D eigenvalue weighted by atomic mass is 9.98. The predicted octanol–water partition coefficient (Wildman–Crippen LogP) is 5.91. The molecule has 2 aromatic carbocycles. The number of nitrogens with one attached hydrogen (secondary N) is 2. The molecule has 1 aromatic heterocycles. The summed E-state index contributed by atoms with van der Waals surface area (Å²) in [5.74, 6) is 0.723. The minimum atomic E-state index is -0.458. The number of thiocarbonyl (C=S) groups is 1. The van der Waals surface area contributed by atoms with E-state index in [1.807, 2.05) is 44.2 Å². The Hall–Kier alpha value is -3.12. The van der Waals surface area contributed by atoms with E-state index in [4.69, 9.17) is 16.6 Å². The van der Waals surface area contributed by atoms with Crippen molar-refractivity contribution in [3.8, 4) is 17.1 Å². The summed E-state index contributed by atoms with van der Waals surface area (Å²) in [6.45, 7) is 8.29. The molecule has 1 heterocycles. The zero-order valence-corrected chi connectivity index (χ0v) is 18.4. The van der Waals surface area contributed by atoms with Gasteiger partial charge in [-0.05, 0) is 85.4 Å². The summed E-state index contributed by atoms with van der Waals surface area (Å²) in [4.78, 5) is 12.5. The third-order valence-electron chi connectivity index (χ3n) is 5.30. The van der Waals surface area contributed by atoms with E-state index < -0.39 is 5.91 Å². The smallest absolute Gasteiger partial charge is 0.293 e. The van der Waals surface area contributed by atoms with E-state index in [2.05, 4.69) is 24.5 Å². The summed E-state index contributed by atoms with van der Waals surface area (Å²) in [6.07, 6.45) is 0.979. The molecule has 0 saturated carbocycles. The molecule has 156 valence electrons. The van der Waals surface area contributed by atoms with E-state index in [-0.39, 0.29) is 16.6 Å². The van der Waals surface area contributed by atoms with Crippen LogP contribution in [0.4, 0.5) is 5.69 Å². The molecule has 0 bridgehead atoms. The number of carbonyl (C=O) groups excluding carboxylic acids is 1. The second-order valence-electron chi connectivity index (χ2n) is 7.46. The predicted molar refractivity (Wildman–Crippen MR) is 124 cm³/mol. The molecule has 3 rings (SSSR count). The molecular formula is C24H26N2O3S. The van der Waals surface area contributed by atoms with Crippen LogP contribution in [0.25, 0.3) is 11.3 Å². The van der Waals surface area contributed by atoms with Crippen molar-refractivity contribution in [3.05, 3.63) is 71.0 Å². The molecule has 30 heavy (non-hydrogen) atoms. The standard InChI is InChI=1S/C24H26N2O3S/c1-5-14(2)17-8-9-20(27)19(13-17)25-24(30)26-23(28)22-11-10-21(29-22)18-7-6-15(3)16(4)12-18/h6-14,27H,5H2,1-4H3,(H2,25,26,28,30). The monoisotopic (exact) mass is 422 g/mol. The van der Waals surface area contributed by atoms with Crippen molar-refractivity contribution in [1.29, 1.82) is 0 Å². The Kier molecular flexibility index (Phi) is 6.57. The van der Waals surface area contributed by atoms with Gasteiger partial charge in [-0.25, -0.2) is 0 Å². The number of phenols is 1. The van der Waals surface area contributed by atoms with Crippen LogP contribution in [0.15, 0.2) is 52.9 Å². The van der Waals surface area contributed by atoms with Gasteiger partial charge in [-0.3, -0.25) is 10.1 Å². The molecule has 5 nitrogen and oxygen atoms in total. The Morgan fingerprint density at radius 2 is 1.87 bits per heavy atom. The minimum absolute atomic E-state index is 0.0636. The molecule has 1 amide bonds. The quantitative estimate of drug-likeness (QED) is 0.352. The molecule has 3 aromatic rings. The maximum absolute atomic E-state index is 12.5. The van der Waals surface area contributed by atoms with E-state index in [0.717, 1.165) is 23.1 Å². The third-order valence-corrected chi connectivity index (χ3v) is 5.50. The Balaban J connectivity index is 1.69. The SMILES string of the molecule is CCC(C)c1ccc(O)c(NC(=S)NC(=O)c2ccc(-c3ccc(C)c(C)c3)o2)c1. The number of rotatable bonds is 5. The number of anilines is 1. The highest BCUT2D eigenvalue weighted by atomic mass is 32.1. The number of benzene rings is 2. The summed E-state index contributed by atoms with van der Waals surface area (Å²) in [6, 6.07) is 14.7. The van der Waals surface area contributed by atoms with Gasteiger partial charge >= 0.3 is 0 Å². The Bertz CT molecular complexity index is 1090. The van der Waals surface area contributed by atoms with E-state index in [1.165, 1.54) is 5.56 Å². The van der Waals surface area contributed by atoms with Gasteiger partial charge in [0.2, 0.25) is 0 Å². The van der Waals surface area contributed by atoms with Crippen LogP contribution < -0.4 is 10.6 Å². The number of aromatic hydroxyl groups is 1. The van der Waals surface area contributed by atoms with Crippen LogP contribution in [0, 0.1) is 13.8 Å². The lowest BCUT2D eigenvalue weighted by Crippen LogP contribution is -2.33. The van der Waals surface area contributed by atoms with Crippen LogP contribution in [0.1, 0.15) is 53.4 Å². The number of aryl methyl sites for hydroxylation is 2. The Morgan fingerprint density at radius 1 is 1.10 bits per heavy atom. The van der Waals surface area contributed by atoms with Gasteiger partial charge in [0, 0.05) is 5.56 Å². The maximum atomic E-state index is 12.5. The summed E-state index contributed by atoms with van der Waals surface area (Å²) in [5, 5.41) is 15.7. The van der Waals surface area contributed by atoms with E-state index >= 15 is 0 Å². The van der Waals surface area contributed by atoms with Gasteiger partial charge in [-0.15, -0.1) is 0 Å². The van der Waals surface area contributed by atoms with Crippen molar-refractivity contribution in [2.75, 3.05) is 5.32 Å². The summed E-state index contributed by atoms with van der Waals surface area (Å²) >= 11 is 5.25. The van der Waals surface area contributed by atoms with Crippen molar-refractivity contribution < 1.29 is 14.3 Å². The second kappa shape index (κ2) is 9.13. The Morgan fingerprint density at radius 3 is 2.57 bits per heavy atom. The topological polar surface area (TPSA) is 74.5 Å². The molecule has 1 unspecified atom stereocenters. The van der Waals surface area contributed by atoms with Crippen molar-refractivity contribution in [1.82, 2.24) is 5.32 Å². The van der Waals surface area contributed by atoms with Crippen LogP contribution in [0.3, 0.4) is 0 Å². The summed E-state index contributed by atoms with van der Waals surface area (Å²) < 4.78 is 5.72. The molecule has 1 atom stereocenters. The van der Waals surface area contributed by atoms with Crippen molar-refractivity contribution in [2.24, 2.45) is 0 Å². The van der Waals surface area contributed by atoms with Gasteiger partial charge in [0.25, 0.3) is 5.91 Å². The lowest BCUT2D eigenvalue weighted by molar-refractivity contribution is 0.0951.